The van der Waals surface area contributed by atoms with E-state index in [1.54, 1.807) is 24.3 Å². The van der Waals surface area contributed by atoms with E-state index in [2.05, 4.69) is 36.5 Å². The van der Waals surface area contributed by atoms with Crippen LogP contribution in [0, 0.1) is 6.92 Å². The quantitative estimate of drug-likeness (QED) is 0.536. The number of nitrogens with one attached hydrogen (secondary N) is 1. The van der Waals surface area contributed by atoms with Crippen molar-refractivity contribution in [2.75, 3.05) is 19.6 Å². The molecule has 1 fully saturated rings. The molecule has 1 atom stereocenters. The van der Waals surface area contributed by atoms with Gasteiger partial charge in [0.1, 0.15) is 18.4 Å². The molecule has 1 saturated heterocycles. The number of aryl methyl sites for hydroxylation is 1. The number of carbonyl (C=O) groups excluding carboxylic acids is 1. The second-order valence-electron chi connectivity index (χ2n) is 8.56. The van der Waals surface area contributed by atoms with Crippen molar-refractivity contribution in [2.24, 2.45) is 0 Å². The summed E-state index contributed by atoms with van der Waals surface area (Å²) in [6.07, 6.45) is 3.12. The molecule has 1 heterocycles. The van der Waals surface area contributed by atoms with E-state index in [0.717, 1.165) is 37.9 Å². The maximum atomic E-state index is 12.6. The summed E-state index contributed by atoms with van der Waals surface area (Å²) in [6, 6.07) is 18.7. The first-order valence-electron chi connectivity index (χ1n) is 11.5. The number of fused-ring (bicyclic) bond motifs is 1. The Bertz CT molecular complexity index is 1120. The molecule has 2 N–H and O–H groups in total. The topological polar surface area (TPSA) is 78.9 Å². The zero-order valence-corrected chi connectivity index (χ0v) is 18.9. The lowest BCUT2D eigenvalue weighted by Gasteiger charge is -2.31. The number of rotatable bonds is 8. The Morgan fingerprint density at radius 2 is 1.67 bits per heavy atom. The van der Waals surface area contributed by atoms with Crippen molar-refractivity contribution in [3.63, 3.8) is 0 Å². The van der Waals surface area contributed by atoms with Crippen LogP contribution in [0.5, 0.6) is 5.75 Å². The third kappa shape index (κ3) is 5.52. The van der Waals surface area contributed by atoms with Crippen LogP contribution < -0.4 is 10.1 Å². The van der Waals surface area contributed by atoms with Crippen molar-refractivity contribution in [1.29, 1.82) is 0 Å². The van der Waals surface area contributed by atoms with Gasteiger partial charge in [-0.3, -0.25) is 14.5 Å². The fourth-order valence-corrected chi connectivity index (χ4v) is 4.40. The molecule has 3 aromatic rings. The molecule has 0 radical (unpaired) electrons. The molecule has 1 aliphatic rings. The standard InChI is InChI=1S/C27H30N2O4/c1-19-9-10-21(24-8-4-3-7-23(19)24)18-33-22-13-11-20(12-14-22)26(30)28-17-25(27(31)32)29-15-5-2-6-16-29/h3-4,7-14,25H,2,5-6,15-18H2,1H3,(H,28,30)(H,31,32)/t25-/m0/s1. The van der Waals surface area contributed by atoms with Gasteiger partial charge < -0.3 is 15.2 Å². The fraction of sp³-hybridized carbons (Fsp3) is 0.333. The van der Waals surface area contributed by atoms with Crippen LogP contribution >= 0.6 is 0 Å². The van der Waals surface area contributed by atoms with Gasteiger partial charge in [0.05, 0.1) is 0 Å². The molecule has 1 aliphatic heterocycles. The van der Waals surface area contributed by atoms with Gasteiger partial charge in [0.25, 0.3) is 5.91 Å². The third-order valence-corrected chi connectivity index (χ3v) is 6.32. The molecule has 0 aliphatic carbocycles. The minimum absolute atomic E-state index is 0.0902. The molecular formula is C27H30N2O4. The Hall–Kier alpha value is -3.38. The number of hydrogen-bond donors (Lipinski definition) is 2. The molecule has 33 heavy (non-hydrogen) atoms. The first-order chi connectivity index (χ1) is 16.0. The lowest BCUT2D eigenvalue weighted by molar-refractivity contribution is -0.143. The highest BCUT2D eigenvalue weighted by Crippen LogP contribution is 2.24. The normalized spacial score (nSPS) is 15.2. The van der Waals surface area contributed by atoms with Gasteiger partial charge in [-0.15, -0.1) is 0 Å². The van der Waals surface area contributed by atoms with Crippen LogP contribution in [0.25, 0.3) is 10.8 Å². The molecule has 172 valence electrons. The predicted molar refractivity (Wildman–Crippen MR) is 129 cm³/mol. The summed E-state index contributed by atoms with van der Waals surface area (Å²) in [5, 5.41) is 14.7. The maximum absolute atomic E-state index is 12.6. The van der Waals surface area contributed by atoms with Crippen LogP contribution in [0.2, 0.25) is 0 Å². The Labute approximate surface area is 194 Å². The molecule has 0 aromatic heterocycles. The van der Waals surface area contributed by atoms with Crippen LogP contribution in [0.4, 0.5) is 0 Å². The number of nitrogens with zero attached hydrogens (tertiary/aromatic N) is 1. The zero-order chi connectivity index (χ0) is 23.2. The minimum Gasteiger partial charge on any atom is -0.489 e. The van der Waals surface area contributed by atoms with Crippen LogP contribution in [-0.4, -0.2) is 47.6 Å². The summed E-state index contributed by atoms with van der Waals surface area (Å²) >= 11 is 0. The fourth-order valence-electron chi connectivity index (χ4n) is 4.40. The lowest BCUT2D eigenvalue weighted by Crippen LogP contribution is -2.50. The zero-order valence-electron chi connectivity index (χ0n) is 18.9. The van der Waals surface area contributed by atoms with E-state index in [0.29, 0.717) is 17.9 Å². The molecule has 0 bridgehead atoms. The maximum Gasteiger partial charge on any atom is 0.322 e. The van der Waals surface area contributed by atoms with E-state index in [-0.39, 0.29) is 12.5 Å². The summed E-state index contributed by atoms with van der Waals surface area (Å²) < 4.78 is 5.97. The number of piperidine rings is 1. The highest BCUT2D eigenvalue weighted by Gasteiger charge is 2.27. The third-order valence-electron chi connectivity index (χ3n) is 6.32. The van der Waals surface area contributed by atoms with Crippen LogP contribution in [-0.2, 0) is 11.4 Å². The van der Waals surface area contributed by atoms with Crippen molar-refractivity contribution in [2.45, 2.75) is 38.8 Å². The van der Waals surface area contributed by atoms with Gasteiger partial charge in [-0.25, -0.2) is 0 Å². The molecule has 3 aromatic carbocycles. The highest BCUT2D eigenvalue weighted by atomic mass is 16.5. The molecule has 6 heteroatoms. The number of carboxylic acid groups (broad SMARTS) is 1. The summed E-state index contributed by atoms with van der Waals surface area (Å²) in [5.41, 5.74) is 2.82. The monoisotopic (exact) mass is 446 g/mol. The van der Waals surface area contributed by atoms with Gasteiger partial charge in [-0.2, -0.15) is 0 Å². The van der Waals surface area contributed by atoms with E-state index in [1.165, 1.54) is 16.3 Å². The van der Waals surface area contributed by atoms with E-state index in [9.17, 15) is 14.7 Å². The average molecular weight is 447 g/mol. The number of carboxylic acids is 1. The van der Waals surface area contributed by atoms with Gasteiger partial charge in [0, 0.05) is 12.1 Å². The summed E-state index contributed by atoms with van der Waals surface area (Å²) in [7, 11) is 0. The highest BCUT2D eigenvalue weighted by molar-refractivity contribution is 5.94. The van der Waals surface area contributed by atoms with Crippen molar-refractivity contribution in [3.05, 3.63) is 77.4 Å². The van der Waals surface area contributed by atoms with Gasteiger partial charge in [0.2, 0.25) is 0 Å². The van der Waals surface area contributed by atoms with Crippen LogP contribution in [0.15, 0.2) is 60.7 Å². The molecule has 1 amide bonds. The molecule has 6 nitrogen and oxygen atoms in total. The second-order valence-corrected chi connectivity index (χ2v) is 8.56. The molecule has 0 unspecified atom stereocenters. The lowest BCUT2D eigenvalue weighted by atomic mass is 10.0. The number of aliphatic carboxylic acids is 1. The van der Waals surface area contributed by atoms with Crippen molar-refractivity contribution >= 4 is 22.6 Å². The van der Waals surface area contributed by atoms with Gasteiger partial charge >= 0.3 is 5.97 Å². The Morgan fingerprint density at radius 1 is 0.970 bits per heavy atom. The van der Waals surface area contributed by atoms with Crippen molar-refractivity contribution in [1.82, 2.24) is 10.2 Å². The van der Waals surface area contributed by atoms with Crippen LogP contribution in [0.1, 0.15) is 40.7 Å². The van der Waals surface area contributed by atoms with Crippen LogP contribution in [0.3, 0.4) is 0 Å². The van der Waals surface area contributed by atoms with Crippen molar-refractivity contribution in [3.8, 4) is 5.75 Å². The Morgan fingerprint density at radius 3 is 2.36 bits per heavy atom. The van der Waals surface area contributed by atoms with E-state index in [4.69, 9.17) is 4.74 Å². The predicted octanol–water partition coefficient (Wildman–Crippen LogP) is 4.40. The average Bonchev–Trinajstić information content (AvgIpc) is 2.84. The number of likely N-dealkylation sites (tertiary alicyclic amines) is 1. The largest absolute Gasteiger partial charge is 0.489 e. The first-order valence-corrected chi connectivity index (χ1v) is 11.5. The summed E-state index contributed by atoms with van der Waals surface area (Å²) in [4.78, 5) is 26.2. The molecular weight excluding hydrogens is 416 g/mol. The minimum atomic E-state index is -0.899. The Kier molecular flexibility index (Phi) is 7.25. The molecule has 0 saturated carbocycles. The van der Waals surface area contributed by atoms with Gasteiger partial charge in [0.15, 0.2) is 0 Å². The van der Waals surface area contributed by atoms with Gasteiger partial charge in [-0.05, 0) is 79.0 Å². The smallest absolute Gasteiger partial charge is 0.322 e. The number of amides is 1. The summed E-state index contributed by atoms with van der Waals surface area (Å²) in [6.45, 7) is 4.14. The molecule has 4 rings (SSSR count). The number of benzene rings is 3. The summed E-state index contributed by atoms with van der Waals surface area (Å²) in [5.74, 6) is -0.508. The second kappa shape index (κ2) is 10.5. The van der Waals surface area contributed by atoms with E-state index >= 15 is 0 Å². The Balaban J connectivity index is 1.35. The van der Waals surface area contributed by atoms with Crippen molar-refractivity contribution < 1.29 is 19.4 Å². The molecule has 0 spiro atoms. The number of ether oxygens (including phenoxy) is 1. The number of hydrogen-bond acceptors (Lipinski definition) is 4. The SMILES string of the molecule is Cc1ccc(COc2ccc(C(=O)NC[C@@H](C(=O)O)N3CCCCC3)cc2)c2ccccc12. The number of carbonyl (C=O) groups is 2. The van der Waals surface area contributed by atoms with Gasteiger partial charge in [-0.1, -0.05) is 42.8 Å². The van der Waals surface area contributed by atoms with E-state index < -0.39 is 12.0 Å². The van der Waals surface area contributed by atoms with E-state index in [1.807, 2.05) is 17.0 Å². The first kappa shape index (κ1) is 22.8.